The molecule has 1 heterocycles. The SMILES string of the molecule is Cc1cc(OC(C)C(=O)NC2CCNC(C)C2)ccc1Cl. The van der Waals surface area contributed by atoms with Gasteiger partial charge in [-0.05, 0) is 63.9 Å². The van der Waals surface area contributed by atoms with Crippen LogP contribution in [0.1, 0.15) is 32.3 Å². The molecule has 116 valence electrons. The Morgan fingerprint density at radius 2 is 2.29 bits per heavy atom. The summed E-state index contributed by atoms with van der Waals surface area (Å²) in [5, 5.41) is 7.13. The van der Waals surface area contributed by atoms with Crippen LogP contribution in [0, 0.1) is 6.92 Å². The van der Waals surface area contributed by atoms with Crippen molar-refractivity contribution in [3.63, 3.8) is 0 Å². The van der Waals surface area contributed by atoms with E-state index in [1.807, 2.05) is 13.0 Å². The Morgan fingerprint density at radius 3 is 2.95 bits per heavy atom. The summed E-state index contributed by atoms with van der Waals surface area (Å²) in [7, 11) is 0. The number of carbonyl (C=O) groups is 1. The summed E-state index contributed by atoms with van der Waals surface area (Å²) in [6.07, 6.45) is 1.40. The second kappa shape index (κ2) is 7.14. The average Bonchev–Trinajstić information content (AvgIpc) is 2.43. The first-order valence-electron chi connectivity index (χ1n) is 7.42. The molecule has 1 aliphatic rings. The van der Waals surface area contributed by atoms with Crippen molar-refractivity contribution in [2.24, 2.45) is 0 Å². The second-order valence-corrected chi connectivity index (χ2v) is 6.16. The monoisotopic (exact) mass is 310 g/mol. The minimum Gasteiger partial charge on any atom is -0.481 e. The molecule has 21 heavy (non-hydrogen) atoms. The predicted octanol–water partition coefficient (Wildman–Crippen LogP) is 2.67. The van der Waals surface area contributed by atoms with E-state index in [4.69, 9.17) is 16.3 Å². The van der Waals surface area contributed by atoms with Crippen LogP contribution >= 0.6 is 11.6 Å². The van der Waals surface area contributed by atoms with Crippen molar-refractivity contribution in [2.75, 3.05) is 6.54 Å². The molecule has 1 aromatic rings. The maximum atomic E-state index is 12.2. The second-order valence-electron chi connectivity index (χ2n) is 5.76. The topological polar surface area (TPSA) is 50.4 Å². The molecular formula is C16H23ClN2O2. The van der Waals surface area contributed by atoms with Gasteiger partial charge in [-0.15, -0.1) is 0 Å². The van der Waals surface area contributed by atoms with Gasteiger partial charge in [-0.25, -0.2) is 0 Å². The lowest BCUT2D eigenvalue weighted by Crippen LogP contribution is -2.49. The first kappa shape index (κ1) is 16.1. The van der Waals surface area contributed by atoms with Gasteiger partial charge in [0.25, 0.3) is 5.91 Å². The van der Waals surface area contributed by atoms with Crippen LogP contribution in [0.15, 0.2) is 18.2 Å². The number of aryl methyl sites for hydroxylation is 1. The molecule has 1 aliphatic heterocycles. The van der Waals surface area contributed by atoms with Crippen molar-refractivity contribution in [1.29, 1.82) is 0 Å². The Hall–Kier alpha value is -1.26. The lowest BCUT2D eigenvalue weighted by atomic mass is 10.0. The van der Waals surface area contributed by atoms with E-state index in [9.17, 15) is 4.79 Å². The highest BCUT2D eigenvalue weighted by Crippen LogP contribution is 2.22. The number of amides is 1. The molecule has 0 aliphatic carbocycles. The van der Waals surface area contributed by atoms with Gasteiger partial charge in [-0.2, -0.15) is 0 Å². The number of benzene rings is 1. The Bertz CT molecular complexity index is 507. The lowest BCUT2D eigenvalue weighted by Gasteiger charge is -2.29. The number of rotatable bonds is 4. The van der Waals surface area contributed by atoms with Crippen LogP contribution in [0.3, 0.4) is 0 Å². The van der Waals surface area contributed by atoms with E-state index in [-0.39, 0.29) is 11.9 Å². The molecule has 2 N–H and O–H groups in total. The molecule has 1 aromatic carbocycles. The zero-order valence-corrected chi connectivity index (χ0v) is 13.5. The number of ether oxygens (including phenoxy) is 1. The summed E-state index contributed by atoms with van der Waals surface area (Å²) in [4.78, 5) is 12.2. The lowest BCUT2D eigenvalue weighted by molar-refractivity contribution is -0.128. The summed E-state index contributed by atoms with van der Waals surface area (Å²) >= 11 is 5.98. The maximum absolute atomic E-state index is 12.2. The highest BCUT2D eigenvalue weighted by molar-refractivity contribution is 6.31. The average molecular weight is 311 g/mol. The van der Waals surface area contributed by atoms with Crippen molar-refractivity contribution in [3.05, 3.63) is 28.8 Å². The molecule has 1 amide bonds. The minimum atomic E-state index is -0.518. The van der Waals surface area contributed by atoms with Gasteiger partial charge in [0.1, 0.15) is 5.75 Å². The fraction of sp³-hybridized carbons (Fsp3) is 0.562. The largest absolute Gasteiger partial charge is 0.481 e. The van der Waals surface area contributed by atoms with Gasteiger partial charge in [0.05, 0.1) is 0 Å². The quantitative estimate of drug-likeness (QED) is 0.899. The van der Waals surface area contributed by atoms with Crippen LogP contribution in [0.4, 0.5) is 0 Å². The smallest absolute Gasteiger partial charge is 0.260 e. The molecule has 0 bridgehead atoms. The number of hydrogen-bond donors (Lipinski definition) is 2. The molecule has 3 unspecified atom stereocenters. The van der Waals surface area contributed by atoms with E-state index < -0.39 is 6.10 Å². The Balaban J connectivity index is 1.88. The fourth-order valence-corrected chi connectivity index (χ4v) is 2.65. The van der Waals surface area contributed by atoms with Crippen LogP contribution in [-0.4, -0.2) is 30.6 Å². The Kier molecular flexibility index (Phi) is 5.48. The molecule has 3 atom stereocenters. The normalized spacial score (nSPS) is 23.4. The van der Waals surface area contributed by atoms with Crippen LogP contribution in [0.5, 0.6) is 5.75 Å². The summed E-state index contributed by atoms with van der Waals surface area (Å²) in [5.41, 5.74) is 0.939. The fourth-order valence-electron chi connectivity index (χ4n) is 2.53. The zero-order valence-electron chi connectivity index (χ0n) is 12.8. The van der Waals surface area contributed by atoms with Crippen LogP contribution in [0.2, 0.25) is 5.02 Å². The van der Waals surface area contributed by atoms with Crippen LogP contribution in [0.25, 0.3) is 0 Å². The van der Waals surface area contributed by atoms with E-state index in [2.05, 4.69) is 17.6 Å². The van der Waals surface area contributed by atoms with E-state index in [0.717, 1.165) is 24.9 Å². The van der Waals surface area contributed by atoms with Crippen LogP contribution < -0.4 is 15.4 Å². The van der Waals surface area contributed by atoms with Gasteiger partial charge < -0.3 is 15.4 Å². The first-order valence-corrected chi connectivity index (χ1v) is 7.80. The molecule has 0 radical (unpaired) electrons. The molecule has 0 aromatic heterocycles. The molecule has 0 spiro atoms. The highest BCUT2D eigenvalue weighted by atomic mass is 35.5. The van der Waals surface area contributed by atoms with Crippen molar-refractivity contribution in [1.82, 2.24) is 10.6 Å². The standard InChI is InChI=1S/C16H23ClN2O2/c1-10-8-14(4-5-15(10)17)21-12(3)16(20)19-13-6-7-18-11(2)9-13/h4-5,8,11-13,18H,6-7,9H2,1-3H3,(H,19,20). The van der Waals surface area contributed by atoms with Gasteiger partial charge in [-0.3, -0.25) is 4.79 Å². The number of halogens is 1. The third-order valence-corrected chi connectivity index (χ3v) is 4.21. The van der Waals surface area contributed by atoms with E-state index in [1.54, 1.807) is 19.1 Å². The molecular weight excluding hydrogens is 288 g/mol. The molecule has 1 fully saturated rings. The van der Waals surface area contributed by atoms with E-state index in [1.165, 1.54) is 0 Å². The molecule has 1 saturated heterocycles. The summed E-state index contributed by atoms with van der Waals surface area (Å²) < 4.78 is 5.69. The molecule has 2 rings (SSSR count). The van der Waals surface area contributed by atoms with Gasteiger partial charge >= 0.3 is 0 Å². The Morgan fingerprint density at radius 1 is 1.52 bits per heavy atom. The van der Waals surface area contributed by atoms with Crippen LogP contribution in [-0.2, 0) is 4.79 Å². The maximum Gasteiger partial charge on any atom is 0.260 e. The number of carbonyl (C=O) groups excluding carboxylic acids is 1. The molecule has 4 nitrogen and oxygen atoms in total. The Labute approximate surface area is 131 Å². The van der Waals surface area contributed by atoms with Gasteiger partial charge in [0.15, 0.2) is 6.10 Å². The number of nitrogens with one attached hydrogen (secondary N) is 2. The minimum absolute atomic E-state index is 0.0679. The molecule has 0 saturated carbocycles. The van der Waals surface area contributed by atoms with Gasteiger partial charge in [0.2, 0.25) is 0 Å². The van der Waals surface area contributed by atoms with Crippen molar-refractivity contribution >= 4 is 17.5 Å². The zero-order chi connectivity index (χ0) is 15.4. The number of hydrogen-bond acceptors (Lipinski definition) is 3. The third kappa shape index (κ3) is 4.61. The first-order chi connectivity index (χ1) is 9.95. The van der Waals surface area contributed by atoms with E-state index in [0.29, 0.717) is 16.8 Å². The third-order valence-electron chi connectivity index (χ3n) is 3.78. The predicted molar refractivity (Wildman–Crippen MR) is 84.9 cm³/mol. The summed E-state index contributed by atoms with van der Waals surface area (Å²) in [6.45, 7) is 6.76. The van der Waals surface area contributed by atoms with Crippen molar-refractivity contribution in [2.45, 2.75) is 51.8 Å². The summed E-state index contributed by atoms with van der Waals surface area (Å²) in [6, 6.07) is 6.08. The molecule has 5 heteroatoms. The highest BCUT2D eigenvalue weighted by Gasteiger charge is 2.23. The van der Waals surface area contributed by atoms with Gasteiger partial charge in [-0.1, -0.05) is 11.6 Å². The van der Waals surface area contributed by atoms with Crippen molar-refractivity contribution in [3.8, 4) is 5.75 Å². The van der Waals surface area contributed by atoms with Gasteiger partial charge in [0, 0.05) is 17.1 Å². The number of piperidine rings is 1. The van der Waals surface area contributed by atoms with Crippen molar-refractivity contribution < 1.29 is 9.53 Å². The van der Waals surface area contributed by atoms with E-state index >= 15 is 0 Å². The summed E-state index contributed by atoms with van der Waals surface area (Å²) in [5.74, 6) is 0.597.